The van der Waals surface area contributed by atoms with Gasteiger partial charge in [0.15, 0.2) is 0 Å². The van der Waals surface area contributed by atoms with Gasteiger partial charge in [0.05, 0.1) is 5.75 Å². The van der Waals surface area contributed by atoms with Crippen LogP contribution in [0.2, 0.25) is 5.02 Å². The Labute approximate surface area is 111 Å². The number of anilines is 1. The number of carbonyl (C=O) groups is 1. The third-order valence-corrected chi connectivity index (χ3v) is 3.07. The molecule has 100 valence electrons. The standard InChI is InChI=1S/C10H14ClN3O3S/c11-8-3-1-4-9(7-8)14-10(15)13-5-2-6-18(12,16)17/h1,3-4,7H,2,5-6H2,(H2,12,16,17)(H2,13,14,15). The van der Waals surface area contributed by atoms with Gasteiger partial charge in [-0.1, -0.05) is 17.7 Å². The van der Waals surface area contributed by atoms with Crippen molar-refractivity contribution in [2.45, 2.75) is 6.42 Å². The van der Waals surface area contributed by atoms with Crippen LogP contribution in [0.3, 0.4) is 0 Å². The van der Waals surface area contributed by atoms with E-state index in [0.29, 0.717) is 10.7 Å². The van der Waals surface area contributed by atoms with Crippen molar-refractivity contribution in [1.82, 2.24) is 5.32 Å². The normalized spacial score (nSPS) is 11.0. The molecule has 1 aromatic rings. The summed E-state index contributed by atoms with van der Waals surface area (Å²) >= 11 is 5.75. The second-order valence-corrected chi connectivity index (χ2v) is 5.78. The maximum absolute atomic E-state index is 11.4. The lowest BCUT2D eigenvalue weighted by Crippen LogP contribution is -2.31. The molecule has 0 aliphatic carbocycles. The molecule has 4 N–H and O–H groups in total. The summed E-state index contributed by atoms with van der Waals surface area (Å²) < 4.78 is 21.3. The molecule has 2 amide bonds. The average Bonchev–Trinajstić information content (AvgIpc) is 2.23. The van der Waals surface area contributed by atoms with Crippen LogP contribution < -0.4 is 15.8 Å². The molecule has 0 bridgehead atoms. The van der Waals surface area contributed by atoms with E-state index in [-0.39, 0.29) is 18.7 Å². The van der Waals surface area contributed by atoms with E-state index in [1.54, 1.807) is 24.3 Å². The summed E-state index contributed by atoms with van der Waals surface area (Å²) in [5.74, 6) is -0.162. The highest BCUT2D eigenvalue weighted by Crippen LogP contribution is 2.14. The molecule has 8 heteroatoms. The smallest absolute Gasteiger partial charge is 0.319 e. The van der Waals surface area contributed by atoms with Gasteiger partial charge >= 0.3 is 6.03 Å². The van der Waals surface area contributed by atoms with Crippen LogP contribution in [-0.4, -0.2) is 26.7 Å². The number of amides is 2. The third-order valence-electron chi connectivity index (χ3n) is 1.97. The lowest BCUT2D eigenvalue weighted by atomic mass is 10.3. The number of nitrogens with two attached hydrogens (primary N) is 1. The third kappa shape index (κ3) is 6.43. The van der Waals surface area contributed by atoms with E-state index in [2.05, 4.69) is 10.6 Å². The lowest BCUT2D eigenvalue weighted by molar-refractivity contribution is 0.252. The van der Waals surface area contributed by atoms with E-state index in [1.807, 2.05) is 0 Å². The molecule has 0 aliphatic rings. The monoisotopic (exact) mass is 291 g/mol. The Morgan fingerprint density at radius 3 is 2.72 bits per heavy atom. The van der Waals surface area contributed by atoms with Crippen LogP contribution in [0.25, 0.3) is 0 Å². The maximum atomic E-state index is 11.4. The molecular weight excluding hydrogens is 278 g/mol. The Morgan fingerprint density at radius 1 is 1.39 bits per heavy atom. The van der Waals surface area contributed by atoms with E-state index in [4.69, 9.17) is 16.7 Å². The first-order valence-corrected chi connectivity index (χ1v) is 7.27. The summed E-state index contributed by atoms with van der Waals surface area (Å²) in [6.07, 6.45) is 0.266. The van der Waals surface area contributed by atoms with Gasteiger partial charge in [0.25, 0.3) is 0 Å². The number of hydrogen-bond donors (Lipinski definition) is 3. The number of rotatable bonds is 5. The van der Waals surface area contributed by atoms with Gasteiger partial charge in [-0.3, -0.25) is 0 Å². The number of primary sulfonamides is 1. The molecule has 0 fully saturated rings. The largest absolute Gasteiger partial charge is 0.338 e. The minimum absolute atomic E-state index is 0.162. The first-order valence-electron chi connectivity index (χ1n) is 5.18. The summed E-state index contributed by atoms with van der Waals surface area (Å²) in [4.78, 5) is 11.4. The fourth-order valence-corrected chi connectivity index (χ4v) is 1.95. The van der Waals surface area contributed by atoms with Crippen molar-refractivity contribution in [3.8, 4) is 0 Å². The van der Waals surface area contributed by atoms with Crippen LogP contribution in [-0.2, 0) is 10.0 Å². The molecule has 0 spiro atoms. The Kier molecular flexibility index (Phi) is 5.39. The number of hydrogen-bond acceptors (Lipinski definition) is 3. The Morgan fingerprint density at radius 2 is 2.11 bits per heavy atom. The summed E-state index contributed by atoms with van der Waals surface area (Å²) in [7, 11) is -3.48. The van der Waals surface area contributed by atoms with Gasteiger partial charge in [-0.05, 0) is 24.6 Å². The Bertz CT molecular complexity index is 519. The van der Waals surface area contributed by atoms with Crippen LogP contribution in [0.15, 0.2) is 24.3 Å². The van der Waals surface area contributed by atoms with Crippen LogP contribution in [0.4, 0.5) is 10.5 Å². The first kappa shape index (κ1) is 14.7. The molecule has 1 rings (SSSR count). The molecule has 0 saturated carbocycles. The number of sulfonamides is 1. The highest BCUT2D eigenvalue weighted by Gasteiger charge is 2.04. The molecule has 6 nitrogen and oxygen atoms in total. The van der Waals surface area contributed by atoms with E-state index in [0.717, 1.165) is 0 Å². The molecule has 1 aromatic carbocycles. The summed E-state index contributed by atoms with van der Waals surface area (Å²) in [5, 5.41) is 10.4. The molecule has 18 heavy (non-hydrogen) atoms. The van der Waals surface area contributed by atoms with Gasteiger partial charge < -0.3 is 10.6 Å². The van der Waals surface area contributed by atoms with Crippen LogP contribution in [0.5, 0.6) is 0 Å². The number of carbonyl (C=O) groups excluding carboxylic acids is 1. The topological polar surface area (TPSA) is 101 Å². The highest BCUT2D eigenvalue weighted by molar-refractivity contribution is 7.89. The molecule has 0 saturated heterocycles. The fraction of sp³-hybridized carbons (Fsp3) is 0.300. The zero-order valence-electron chi connectivity index (χ0n) is 9.52. The minimum atomic E-state index is -3.48. The van der Waals surface area contributed by atoms with E-state index >= 15 is 0 Å². The first-order chi connectivity index (χ1) is 8.37. The van der Waals surface area contributed by atoms with Crippen molar-refractivity contribution in [1.29, 1.82) is 0 Å². The molecule has 0 atom stereocenters. The minimum Gasteiger partial charge on any atom is -0.338 e. The molecular formula is C10H14ClN3O3S. The molecule has 0 aromatic heterocycles. The number of nitrogens with one attached hydrogen (secondary N) is 2. The van der Waals surface area contributed by atoms with E-state index < -0.39 is 16.1 Å². The summed E-state index contributed by atoms with van der Waals surface area (Å²) in [5.41, 5.74) is 0.562. The molecule has 0 unspecified atom stereocenters. The zero-order valence-corrected chi connectivity index (χ0v) is 11.1. The van der Waals surface area contributed by atoms with Gasteiger partial charge in [0, 0.05) is 17.3 Å². The number of urea groups is 1. The second kappa shape index (κ2) is 6.58. The number of benzene rings is 1. The van der Waals surface area contributed by atoms with Crippen molar-refractivity contribution in [3.05, 3.63) is 29.3 Å². The van der Waals surface area contributed by atoms with E-state index in [1.165, 1.54) is 0 Å². The molecule has 0 aliphatic heterocycles. The van der Waals surface area contributed by atoms with Gasteiger partial charge in [-0.15, -0.1) is 0 Å². The van der Waals surface area contributed by atoms with Crippen LogP contribution in [0, 0.1) is 0 Å². The SMILES string of the molecule is NS(=O)(=O)CCCNC(=O)Nc1cccc(Cl)c1. The average molecular weight is 292 g/mol. The van der Waals surface area contributed by atoms with Crippen molar-refractivity contribution >= 4 is 33.3 Å². The quantitative estimate of drug-likeness (QED) is 0.709. The molecule has 0 radical (unpaired) electrons. The van der Waals surface area contributed by atoms with E-state index in [9.17, 15) is 13.2 Å². The van der Waals surface area contributed by atoms with Crippen molar-refractivity contribution in [2.75, 3.05) is 17.6 Å². The van der Waals surface area contributed by atoms with Crippen LogP contribution in [0.1, 0.15) is 6.42 Å². The maximum Gasteiger partial charge on any atom is 0.319 e. The molecule has 0 heterocycles. The van der Waals surface area contributed by atoms with Crippen molar-refractivity contribution < 1.29 is 13.2 Å². The predicted octanol–water partition coefficient (Wildman–Crippen LogP) is 1.14. The van der Waals surface area contributed by atoms with Gasteiger partial charge in [0.2, 0.25) is 10.0 Å². The predicted molar refractivity (Wildman–Crippen MR) is 71.1 cm³/mol. The van der Waals surface area contributed by atoms with Gasteiger partial charge in [-0.25, -0.2) is 18.4 Å². The zero-order chi connectivity index (χ0) is 13.6. The Hall–Kier alpha value is -1.31. The van der Waals surface area contributed by atoms with Crippen molar-refractivity contribution in [2.24, 2.45) is 5.14 Å². The lowest BCUT2D eigenvalue weighted by Gasteiger charge is -2.07. The Balaban J connectivity index is 2.30. The summed E-state index contributed by atoms with van der Waals surface area (Å²) in [6, 6.07) is 6.27. The van der Waals surface area contributed by atoms with Gasteiger partial charge in [-0.2, -0.15) is 0 Å². The highest BCUT2D eigenvalue weighted by atomic mass is 35.5. The van der Waals surface area contributed by atoms with Crippen LogP contribution >= 0.6 is 11.6 Å². The van der Waals surface area contributed by atoms with Gasteiger partial charge in [0.1, 0.15) is 0 Å². The summed E-state index contributed by atoms with van der Waals surface area (Å²) in [6.45, 7) is 0.225. The number of halogens is 1. The van der Waals surface area contributed by atoms with Crippen molar-refractivity contribution in [3.63, 3.8) is 0 Å². The second-order valence-electron chi connectivity index (χ2n) is 3.61. The fourth-order valence-electron chi connectivity index (χ4n) is 1.22.